The molecule has 0 saturated heterocycles. The van der Waals surface area contributed by atoms with E-state index in [-0.39, 0.29) is 11.8 Å². The topological polar surface area (TPSA) is 61.4 Å². The molecule has 0 aliphatic carbocycles. The van der Waals surface area contributed by atoms with Crippen LogP contribution in [0.4, 0.5) is 0 Å². The number of nitrogens with one attached hydrogen (secondary N) is 2. The summed E-state index contributed by atoms with van der Waals surface area (Å²) in [6, 6.07) is 0. The van der Waals surface area contributed by atoms with Crippen LogP contribution in [0.1, 0.15) is 26.2 Å². The molecule has 2 amide bonds. The second-order valence-electron chi connectivity index (χ2n) is 3.69. The summed E-state index contributed by atoms with van der Waals surface area (Å²) in [6.07, 6.45) is 2.01. The molecule has 16 heavy (non-hydrogen) atoms. The zero-order valence-corrected chi connectivity index (χ0v) is 10.5. The lowest BCUT2D eigenvalue weighted by molar-refractivity contribution is -0.120. The lowest BCUT2D eigenvalue weighted by atomic mass is 10.3. The van der Waals surface area contributed by atoms with Crippen LogP contribution in [0.25, 0.3) is 0 Å². The first kappa shape index (κ1) is 14.9. The average molecular weight is 229 g/mol. The summed E-state index contributed by atoms with van der Waals surface area (Å²) in [5.74, 6) is 0.0853. The van der Waals surface area contributed by atoms with Crippen molar-refractivity contribution in [3.8, 4) is 0 Å². The predicted molar refractivity (Wildman–Crippen MR) is 64.1 cm³/mol. The Bertz CT molecular complexity index is 199. The third-order valence-corrected chi connectivity index (χ3v) is 2.41. The third-order valence-electron chi connectivity index (χ3n) is 2.41. The number of rotatable bonds is 8. The molecule has 2 N–H and O–H groups in total. The van der Waals surface area contributed by atoms with Crippen molar-refractivity contribution in [1.29, 1.82) is 0 Å². The van der Waals surface area contributed by atoms with Crippen molar-refractivity contribution in [2.75, 3.05) is 33.7 Å². The maximum Gasteiger partial charge on any atom is 0.221 e. The molecule has 0 aromatic heterocycles. The largest absolute Gasteiger partial charge is 0.359 e. The highest BCUT2D eigenvalue weighted by Gasteiger charge is 2.08. The highest BCUT2D eigenvalue weighted by molar-refractivity contribution is 5.76. The standard InChI is InChI=1S/C11H23N3O2/c1-4-7-14(8-5-10(15)12-2)9-6-11(16)13-3/h4-9H2,1-3H3,(H,12,15)(H,13,16). The van der Waals surface area contributed by atoms with Gasteiger partial charge in [-0.1, -0.05) is 6.92 Å². The van der Waals surface area contributed by atoms with Gasteiger partial charge in [0.25, 0.3) is 0 Å². The molecule has 0 radical (unpaired) electrons. The van der Waals surface area contributed by atoms with Crippen molar-refractivity contribution in [1.82, 2.24) is 15.5 Å². The summed E-state index contributed by atoms with van der Waals surface area (Å²) in [5, 5.41) is 5.19. The molecule has 0 bridgehead atoms. The minimum Gasteiger partial charge on any atom is -0.359 e. The van der Waals surface area contributed by atoms with Crippen LogP contribution in [0.2, 0.25) is 0 Å². The van der Waals surface area contributed by atoms with Crippen molar-refractivity contribution < 1.29 is 9.59 Å². The monoisotopic (exact) mass is 229 g/mol. The Morgan fingerprint density at radius 3 is 1.69 bits per heavy atom. The van der Waals surface area contributed by atoms with Crippen molar-refractivity contribution in [3.05, 3.63) is 0 Å². The van der Waals surface area contributed by atoms with Gasteiger partial charge < -0.3 is 15.5 Å². The smallest absolute Gasteiger partial charge is 0.221 e. The van der Waals surface area contributed by atoms with Gasteiger partial charge in [0, 0.05) is 40.0 Å². The molecule has 0 atom stereocenters. The van der Waals surface area contributed by atoms with Crippen molar-refractivity contribution >= 4 is 11.8 Å². The van der Waals surface area contributed by atoms with Crippen LogP contribution in [0, 0.1) is 0 Å². The molecule has 0 aromatic rings. The van der Waals surface area contributed by atoms with E-state index in [1.54, 1.807) is 14.1 Å². The first-order valence-corrected chi connectivity index (χ1v) is 5.77. The summed E-state index contributed by atoms with van der Waals surface area (Å²) < 4.78 is 0. The number of amides is 2. The van der Waals surface area contributed by atoms with Crippen LogP contribution >= 0.6 is 0 Å². The molecule has 5 nitrogen and oxygen atoms in total. The fourth-order valence-corrected chi connectivity index (χ4v) is 1.42. The molecular weight excluding hydrogens is 206 g/mol. The summed E-state index contributed by atoms with van der Waals surface area (Å²) in [4.78, 5) is 24.3. The van der Waals surface area contributed by atoms with Gasteiger partial charge in [-0.15, -0.1) is 0 Å². The van der Waals surface area contributed by atoms with E-state index in [1.165, 1.54) is 0 Å². The zero-order valence-electron chi connectivity index (χ0n) is 10.5. The number of hydrogen-bond acceptors (Lipinski definition) is 3. The Morgan fingerprint density at radius 1 is 0.938 bits per heavy atom. The fourth-order valence-electron chi connectivity index (χ4n) is 1.42. The van der Waals surface area contributed by atoms with Gasteiger partial charge in [0.15, 0.2) is 0 Å². The molecule has 5 heteroatoms. The van der Waals surface area contributed by atoms with Gasteiger partial charge in [0.1, 0.15) is 0 Å². The number of hydrogen-bond donors (Lipinski definition) is 2. The summed E-state index contributed by atoms with van der Waals surface area (Å²) in [7, 11) is 3.27. The lowest BCUT2D eigenvalue weighted by Gasteiger charge is -2.20. The van der Waals surface area contributed by atoms with E-state index < -0.39 is 0 Å². The van der Waals surface area contributed by atoms with Crippen molar-refractivity contribution in [2.45, 2.75) is 26.2 Å². The number of carbonyl (C=O) groups is 2. The second kappa shape index (κ2) is 9.15. The molecule has 0 fully saturated rings. The summed E-state index contributed by atoms with van der Waals surface area (Å²) in [6.45, 7) is 4.44. The lowest BCUT2D eigenvalue weighted by Crippen LogP contribution is -2.33. The quantitative estimate of drug-likeness (QED) is 0.614. The Morgan fingerprint density at radius 2 is 1.38 bits per heavy atom. The van der Waals surface area contributed by atoms with Gasteiger partial charge in [-0.3, -0.25) is 9.59 Å². The summed E-state index contributed by atoms with van der Waals surface area (Å²) in [5.41, 5.74) is 0. The normalized spacial score (nSPS) is 10.2. The molecule has 0 aliphatic rings. The predicted octanol–water partition coefficient (Wildman–Crippen LogP) is -0.0294. The minimum atomic E-state index is 0.0426. The number of carbonyl (C=O) groups excluding carboxylic acids is 2. The van der Waals surface area contributed by atoms with E-state index in [0.29, 0.717) is 25.9 Å². The first-order valence-electron chi connectivity index (χ1n) is 5.77. The molecule has 94 valence electrons. The highest BCUT2D eigenvalue weighted by Crippen LogP contribution is 1.96. The molecule has 0 aliphatic heterocycles. The van der Waals surface area contributed by atoms with Gasteiger partial charge in [-0.2, -0.15) is 0 Å². The molecule has 0 rings (SSSR count). The molecule has 0 spiro atoms. The van der Waals surface area contributed by atoms with E-state index in [1.807, 2.05) is 0 Å². The van der Waals surface area contributed by atoms with E-state index in [4.69, 9.17) is 0 Å². The molecular formula is C11H23N3O2. The van der Waals surface area contributed by atoms with Crippen molar-refractivity contribution in [3.63, 3.8) is 0 Å². The minimum absolute atomic E-state index is 0.0426. The van der Waals surface area contributed by atoms with Crippen LogP contribution in [0.5, 0.6) is 0 Å². The van der Waals surface area contributed by atoms with Gasteiger partial charge in [-0.25, -0.2) is 0 Å². The number of nitrogens with zero attached hydrogens (tertiary/aromatic N) is 1. The molecule has 0 unspecified atom stereocenters. The maximum atomic E-state index is 11.1. The van der Waals surface area contributed by atoms with Crippen LogP contribution in [-0.4, -0.2) is 50.4 Å². The first-order chi connectivity index (χ1) is 7.63. The zero-order chi connectivity index (χ0) is 12.4. The van der Waals surface area contributed by atoms with Gasteiger partial charge in [0.2, 0.25) is 11.8 Å². The Kier molecular flexibility index (Phi) is 8.52. The second-order valence-corrected chi connectivity index (χ2v) is 3.69. The van der Waals surface area contributed by atoms with Gasteiger partial charge in [-0.05, 0) is 13.0 Å². The Labute approximate surface area is 97.6 Å². The SMILES string of the molecule is CCCN(CCC(=O)NC)CCC(=O)NC. The van der Waals surface area contributed by atoms with Crippen LogP contribution in [0.3, 0.4) is 0 Å². The molecule has 0 aromatic carbocycles. The van der Waals surface area contributed by atoms with Crippen LogP contribution in [-0.2, 0) is 9.59 Å². The summed E-state index contributed by atoms with van der Waals surface area (Å²) >= 11 is 0. The Hall–Kier alpha value is -1.10. The Balaban J connectivity index is 3.87. The van der Waals surface area contributed by atoms with Gasteiger partial charge in [0.05, 0.1) is 0 Å². The van der Waals surface area contributed by atoms with E-state index >= 15 is 0 Å². The highest BCUT2D eigenvalue weighted by atomic mass is 16.2. The molecule has 0 heterocycles. The maximum absolute atomic E-state index is 11.1. The van der Waals surface area contributed by atoms with Crippen LogP contribution < -0.4 is 10.6 Å². The van der Waals surface area contributed by atoms with E-state index in [9.17, 15) is 9.59 Å². The van der Waals surface area contributed by atoms with Crippen LogP contribution in [0.15, 0.2) is 0 Å². The van der Waals surface area contributed by atoms with Crippen molar-refractivity contribution in [2.24, 2.45) is 0 Å². The van der Waals surface area contributed by atoms with E-state index in [2.05, 4.69) is 22.5 Å². The third kappa shape index (κ3) is 7.23. The van der Waals surface area contributed by atoms with Gasteiger partial charge >= 0.3 is 0 Å². The molecule has 0 saturated carbocycles. The van der Waals surface area contributed by atoms with E-state index in [0.717, 1.165) is 13.0 Å². The fraction of sp³-hybridized carbons (Fsp3) is 0.818. The average Bonchev–Trinajstić information content (AvgIpc) is 2.31.